The molecule has 0 bridgehead atoms. The molecule has 0 aliphatic carbocycles. The second-order valence-electron chi connectivity index (χ2n) is 3.50. The number of carboxylic acid groups (broad SMARTS) is 1. The molecule has 0 saturated carbocycles. The van der Waals surface area contributed by atoms with E-state index >= 15 is 0 Å². The first kappa shape index (κ1) is 15.0. The zero-order valence-corrected chi connectivity index (χ0v) is 10.8. The third-order valence-corrected chi connectivity index (χ3v) is 3.84. The van der Waals surface area contributed by atoms with Crippen LogP contribution in [0.25, 0.3) is 0 Å². The molecule has 0 radical (unpaired) electrons. The van der Waals surface area contributed by atoms with Crippen molar-refractivity contribution >= 4 is 33.8 Å². The maximum absolute atomic E-state index is 11.5. The lowest BCUT2D eigenvalue weighted by atomic mass is 10.2. The molecule has 1 fully saturated rings. The fourth-order valence-electron chi connectivity index (χ4n) is 1.50. The molecule has 1 amide bonds. The minimum absolute atomic E-state index is 0.248. The Morgan fingerprint density at radius 3 is 2.67 bits per heavy atom. The quantitative estimate of drug-likeness (QED) is 0.438. The molecule has 1 saturated heterocycles. The summed E-state index contributed by atoms with van der Waals surface area (Å²) in [5.74, 6) is -1.13. The molecule has 104 valence electrons. The highest BCUT2D eigenvalue weighted by Crippen LogP contribution is 2.18. The first-order valence-electron chi connectivity index (χ1n) is 4.96. The second-order valence-corrected chi connectivity index (χ2v) is 5.73. The van der Waals surface area contributed by atoms with Crippen molar-refractivity contribution < 1.29 is 32.0 Å². The maximum atomic E-state index is 11.5. The molecular formula is C8H12ClNO7S. The van der Waals surface area contributed by atoms with Gasteiger partial charge in [-0.15, -0.1) is 11.6 Å². The van der Waals surface area contributed by atoms with Gasteiger partial charge in [-0.1, -0.05) is 0 Å². The van der Waals surface area contributed by atoms with Crippen LogP contribution in [-0.4, -0.2) is 55.1 Å². The predicted octanol–water partition coefficient (Wildman–Crippen LogP) is 0.172. The van der Waals surface area contributed by atoms with Crippen LogP contribution in [0.3, 0.4) is 0 Å². The number of carboxylic acids is 1. The van der Waals surface area contributed by atoms with Crippen molar-refractivity contribution in [1.82, 2.24) is 4.90 Å². The van der Waals surface area contributed by atoms with Crippen molar-refractivity contribution in [3.63, 3.8) is 0 Å². The highest BCUT2D eigenvalue weighted by Gasteiger charge is 2.35. The normalized spacial score (nSPS) is 19.8. The van der Waals surface area contributed by atoms with E-state index < -0.39 is 40.2 Å². The first-order chi connectivity index (χ1) is 8.37. The number of amides is 1. The molecule has 1 atom stereocenters. The summed E-state index contributed by atoms with van der Waals surface area (Å²) < 4.78 is 30.4. The van der Waals surface area contributed by atoms with E-state index in [1.807, 2.05) is 0 Å². The number of halogens is 1. The van der Waals surface area contributed by atoms with Gasteiger partial charge in [-0.25, -0.2) is 13.8 Å². The van der Waals surface area contributed by atoms with Crippen molar-refractivity contribution in [2.24, 2.45) is 0 Å². The zero-order valence-electron chi connectivity index (χ0n) is 9.24. The number of carbonyl (C=O) groups excluding carboxylic acids is 1. The predicted molar refractivity (Wildman–Crippen MR) is 59.4 cm³/mol. The van der Waals surface area contributed by atoms with E-state index in [9.17, 15) is 18.0 Å². The number of hydrogen-bond donors (Lipinski definition) is 1. The van der Waals surface area contributed by atoms with Crippen LogP contribution in [-0.2, 0) is 23.8 Å². The van der Waals surface area contributed by atoms with Gasteiger partial charge in [-0.05, 0) is 12.8 Å². The third kappa shape index (κ3) is 4.00. The van der Waals surface area contributed by atoms with E-state index in [4.69, 9.17) is 16.7 Å². The molecule has 1 unspecified atom stereocenters. The fourth-order valence-corrected chi connectivity index (χ4v) is 1.95. The lowest BCUT2D eigenvalue weighted by molar-refractivity contribution is -0.141. The average Bonchev–Trinajstić information content (AvgIpc) is 2.77. The summed E-state index contributed by atoms with van der Waals surface area (Å²) in [6, 6.07) is -0.942. The summed E-state index contributed by atoms with van der Waals surface area (Å²) in [6.07, 6.45) is -0.0392. The lowest BCUT2D eigenvalue weighted by Gasteiger charge is -2.20. The highest BCUT2D eigenvalue weighted by atomic mass is 35.5. The Labute approximate surface area is 109 Å². The molecule has 0 aromatic carbocycles. The number of likely N-dealkylation sites (tertiary alicyclic amines) is 1. The average molecular weight is 302 g/mol. The Kier molecular flexibility index (Phi) is 5.17. The Balaban J connectivity index is 2.44. The van der Waals surface area contributed by atoms with E-state index in [-0.39, 0.29) is 6.54 Å². The molecule has 8 nitrogen and oxygen atoms in total. The highest BCUT2D eigenvalue weighted by molar-refractivity contribution is 7.87. The van der Waals surface area contributed by atoms with Crippen molar-refractivity contribution in [2.75, 3.05) is 18.5 Å². The summed E-state index contributed by atoms with van der Waals surface area (Å²) in [6.45, 7) is -0.575. The number of hydrogen-bond acceptors (Lipinski definition) is 6. The number of aliphatic carboxylic acids is 1. The van der Waals surface area contributed by atoms with Gasteiger partial charge in [0.1, 0.15) is 11.3 Å². The molecule has 0 aromatic heterocycles. The van der Waals surface area contributed by atoms with Crippen LogP contribution in [0.4, 0.5) is 4.79 Å². The minimum atomic E-state index is -3.92. The monoisotopic (exact) mass is 301 g/mol. The van der Waals surface area contributed by atoms with Gasteiger partial charge in [0.15, 0.2) is 0 Å². The van der Waals surface area contributed by atoms with E-state index in [0.29, 0.717) is 12.8 Å². The Hall–Kier alpha value is -1.06. The van der Waals surface area contributed by atoms with Crippen molar-refractivity contribution in [2.45, 2.75) is 18.9 Å². The van der Waals surface area contributed by atoms with Gasteiger partial charge in [0.2, 0.25) is 6.79 Å². The molecule has 0 spiro atoms. The number of rotatable bonds is 5. The number of ether oxygens (including phenoxy) is 1. The summed E-state index contributed by atoms with van der Waals surface area (Å²) in [5, 5.41) is 8.07. The lowest BCUT2D eigenvalue weighted by Crippen LogP contribution is -2.41. The van der Waals surface area contributed by atoms with Crippen LogP contribution in [0.15, 0.2) is 0 Å². The van der Waals surface area contributed by atoms with Crippen molar-refractivity contribution in [1.29, 1.82) is 0 Å². The number of nitrogens with zero attached hydrogens (tertiary/aromatic N) is 1. The Bertz CT molecular complexity index is 423. The summed E-state index contributed by atoms with van der Waals surface area (Å²) >= 11 is 5.06. The minimum Gasteiger partial charge on any atom is -0.480 e. The SMILES string of the molecule is O=C(O)C1CCCN1C(=O)OCOS(=O)(=O)CCl. The summed E-state index contributed by atoms with van der Waals surface area (Å²) in [4.78, 5) is 23.3. The summed E-state index contributed by atoms with van der Waals surface area (Å²) in [5.41, 5.74) is 0. The van der Waals surface area contributed by atoms with Crippen molar-refractivity contribution in [3.05, 3.63) is 0 Å². The van der Waals surface area contributed by atoms with Gasteiger partial charge in [0, 0.05) is 6.54 Å². The van der Waals surface area contributed by atoms with E-state index in [2.05, 4.69) is 8.92 Å². The maximum Gasteiger partial charge on any atom is 0.412 e. The second kappa shape index (κ2) is 6.21. The summed E-state index contributed by atoms with van der Waals surface area (Å²) in [7, 11) is -3.92. The molecule has 10 heteroatoms. The standard InChI is InChI=1S/C8H12ClNO7S/c9-4-18(14,15)17-5-16-8(13)10-3-1-2-6(10)7(11)12/h6H,1-5H2,(H,11,12). The zero-order chi connectivity index (χ0) is 13.8. The van der Waals surface area contributed by atoms with Crippen LogP contribution in [0.2, 0.25) is 0 Å². The van der Waals surface area contributed by atoms with Gasteiger partial charge in [-0.2, -0.15) is 8.42 Å². The molecule has 1 rings (SSSR count). The third-order valence-electron chi connectivity index (χ3n) is 2.32. The molecule has 1 N–H and O–H groups in total. The van der Waals surface area contributed by atoms with Crippen LogP contribution < -0.4 is 0 Å². The molecule has 0 aromatic rings. The number of alkyl halides is 1. The molecular weight excluding hydrogens is 290 g/mol. The van der Waals surface area contributed by atoms with E-state index in [1.165, 1.54) is 0 Å². The van der Waals surface area contributed by atoms with Gasteiger partial charge >= 0.3 is 12.1 Å². The molecule has 1 heterocycles. The van der Waals surface area contributed by atoms with Gasteiger partial charge in [-0.3, -0.25) is 4.90 Å². The first-order valence-corrected chi connectivity index (χ1v) is 7.08. The molecule has 1 aliphatic rings. The van der Waals surface area contributed by atoms with Gasteiger partial charge < -0.3 is 9.84 Å². The van der Waals surface area contributed by atoms with Crippen LogP contribution >= 0.6 is 11.6 Å². The topological polar surface area (TPSA) is 110 Å². The van der Waals surface area contributed by atoms with Crippen LogP contribution in [0.5, 0.6) is 0 Å². The van der Waals surface area contributed by atoms with Crippen LogP contribution in [0.1, 0.15) is 12.8 Å². The number of carbonyl (C=O) groups is 2. The van der Waals surface area contributed by atoms with Crippen LogP contribution in [0, 0.1) is 0 Å². The fraction of sp³-hybridized carbons (Fsp3) is 0.750. The Morgan fingerprint density at radius 2 is 2.11 bits per heavy atom. The van der Waals surface area contributed by atoms with E-state index in [0.717, 1.165) is 4.90 Å². The molecule has 1 aliphatic heterocycles. The van der Waals surface area contributed by atoms with Gasteiger partial charge in [0.25, 0.3) is 10.1 Å². The van der Waals surface area contributed by atoms with E-state index in [1.54, 1.807) is 0 Å². The molecule has 18 heavy (non-hydrogen) atoms. The van der Waals surface area contributed by atoms with Crippen molar-refractivity contribution in [3.8, 4) is 0 Å². The van der Waals surface area contributed by atoms with Gasteiger partial charge in [0.05, 0.1) is 0 Å². The largest absolute Gasteiger partial charge is 0.480 e. The smallest absolute Gasteiger partial charge is 0.412 e. The Morgan fingerprint density at radius 1 is 1.44 bits per heavy atom.